The van der Waals surface area contributed by atoms with Gasteiger partial charge in [0, 0.05) is 28.0 Å². The number of aromatic nitrogens is 1. The molecule has 0 fully saturated rings. The number of aromatic amines is 1. The molecule has 4 rings (SSSR count). The van der Waals surface area contributed by atoms with Crippen LogP contribution >= 0.6 is 23.2 Å². The number of hydrogen-bond donors (Lipinski definition) is 1. The van der Waals surface area contributed by atoms with Gasteiger partial charge in [-0.15, -0.1) is 11.6 Å². The Bertz CT molecular complexity index is 1050. The Kier molecular flexibility index (Phi) is 5.04. The molecular formula is C21H18Cl2N2O3. The zero-order valence-corrected chi connectivity index (χ0v) is 16.6. The summed E-state index contributed by atoms with van der Waals surface area (Å²) in [5, 5.41) is 1.62. The molecule has 3 aromatic rings. The van der Waals surface area contributed by atoms with Crippen LogP contribution in [0, 0.1) is 0 Å². The minimum Gasteiger partial charge on any atom is -0.467 e. The first-order chi connectivity index (χ1) is 13.5. The molecule has 0 aliphatic carbocycles. The Morgan fingerprint density at radius 3 is 2.57 bits per heavy atom. The summed E-state index contributed by atoms with van der Waals surface area (Å²) in [4.78, 5) is 30.4. The number of benzene rings is 2. The standard InChI is InChI=1S/C21H18Cl2N2O3/c1-28-21(27)17-10-15-14-4-2-3-5-16(14)24-19(15)20(25(17)18(26)11-22)12-6-8-13(23)9-7-12/h2-9,17,20,24H,10-11H2,1H3/t17-,20-/m1/s1. The Hall–Kier alpha value is -2.50. The predicted octanol–water partition coefficient (Wildman–Crippen LogP) is 4.08. The Labute approximate surface area is 172 Å². The van der Waals surface area contributed by atoms with Crippen LogP contribution in [0.2, 0.25) is 5.02 Å². The molecule has 1 N–H and O–H groups in total. The Morgan fingerprint density at radius 1 is 1.18 bits per heavy atom. The van der Waals surface area contributed by atoms with Crippen molar-refractivity contribution < 1.29 is 14.3 Å². The molecule has 2 atom stereocenters. The highest BCUT2D eigenvalue weighted by Gasteiger charge is 2.43. The molecule has 0 saturated carbocycles. The van der Waals surface area contributed by atoms with E-state index in [2.05, 4.69) is 4.98 Å². The van der Waals surface area contributed by atoms with Crippen LogP contribution in [0.1, 0.15) is 22.9 Å². The van der Waals surface area contributed by atoms with E-state index >= 15 is 0 Å². The smallest absolute Gasteiger partial charge is 0.328 e. The fourth-order valence-electron chi connectivity index (χ4n) is 3.98. The molecule has 1 aliphatic rings. The van der Waals surface area contributed by atoms with Crippen molar-refractivity contribution in [3.8, 4) is 0 Å². The van der Waals surface area contributed by atoms with Crippen LogP contribution in [0.3, 0.4) is 0 Å². The molecule has 0 bridgehead atoms. The highest BCUT2D eigenvalue weighted by atomic mass is 35.5. The number of H-pyrrole nitrogens is 1. The third-order valence-corrected chi connectivity index (χ3v) is 5.67. The lowest BCUT2D eigenvalue weighted by Gasteiger charge is -2.40. The molecule has 0 radical (unpaired) electrons. The molecule has 0 spiro atoms. The van der Waals surface area contributed by atoms with Crippen LogP contribution < -0.4 is 0 Å². The first-order valence-electron chi connectivity index (χ1n) is 8.85. The molecule has 1 aliphatic heterocycles. The summed E-state index contributed by atoms with van der Waals surface area (Å²) in [6.07, 6.45) is 0.360. The molecule has 1 amide bonds. The van der Waals surface area contributed by atoms with Gasteiger partial charge in [-0.25, -0.2) is 4.79 Å². The number of rotatable bonds is 3. The third kappa shape index (κ3) is 3.05. The first kappa shape index (κ1) is 18.8. The lowest BCUT2D eigenvalue weighted by Crippen LogP contribution is -2.52. The molecule has 5 nitrogen and oxygen atoms in total. The maximum Gasteiger partial charge on any atom is 0.328 e. The van der Waals surface area contributed by atoms with E-state index in [0.29, 0.717) is 11.4 Å². The number of nitrogens with one attached hydrogen (secondary N) is 1. The van der Waals surface area contributed by atoms with Crippen molar-refractivity contribution in [2.24, 2.45) is 0 Å². The summed E-state index contributed by atoms with van der Waals surface area (Å²) in [6.45, 7) is 0. The van der Waals surface area contributed by atoms with E-state index in [1.165, 1.54) is 12.0 Å². The second-order valence-electron chi connectivity index (χ2n) is 6.69. The van der Waals surface area contributed by atoms with Crippen LogP contribution in [-0.2, 0) is 20.7 Å². The van der Waals surface area contributed by atoms with Gasteiger partial charge in [0.15, 0.2) is 0 Å². The van der Waals surface area contributed by atoms with Crippen molar-refractivity contribution in [2.45, 2.75) is 18.5 Å². The van der Waals surface area contributed by atoms with Gasteiger partial charge in [-0.3, -0.25) is 4.79 Å². The van der Waals surface area contributed by atoms with Crippen molar-refractivity contribution in [1.29, 1.82) is 0 Å². The fourth-order valence-corrected chi connectivity index (χ4v) is 4.24. The summed E-state index contributed by atoms with van der Waals surface area (Å²) in [6, 6.07) is 13.9. The van der Waals surface area contributed by atoms with Gasteiger partial charge in [0.2, 0.25) is 5.91 Å². The van der Waals surface area contributed by atoms with E-state index < -0.39 is 18.1 Å². The lowest BCUT2D eigenvalue weighted by atomic mass is 9.88. The largest absolute Gasteiger partial charge is 0.467 e. The minimum atomic E-state index is -0.761. The minimum absolute atomic E-state index is 0.229. The van der Waals surface area contributed by atoms with Gasteiger partial charge in [0.05, 0.1) is 13.2 Å². The number of esters is 1. The van der Waals surface area contributed by atoms with Crippen LogP contribution in [0.15, 0.2) is 48.5 Å². The molecule has 28 heavy (non-hydrogen) atoms. The number of para-hydroxylation sites is 1. The normalized spacial score (nSPS) is 18.8. The van der Waals surface area contributed by atoms with Gasteiger partial charge in [-0.2, -0.15) is 0 Å². The van der Waals surface area contributed by atoms with E-state index in [-0.39, 0.29) is 11.8 Å². The van der Waals surface area contributed by atoms with Crippen molar-refractivity contribution in [3.05, 3.63) is 70.4 Å². The van der Waals surface area contributed by atoms with Crippen LogP contribution in [0.25, 0.3) is 10.9 Å². The Balaban J connectivity index is 1.98. The van der Waals surface area contributed by atoms with Gasteiger partial charge in [0.25, 0.3) is 0 Å². The number of nitrogens with zero attached hydrogens (tertiary/aromatic N) is 1. The summed E-state index contributed by atoms with van der Waals surface area (Å²) in [7, 11) is 1.33. The molecule has 0 saturated heterocycles. The van der Waals surface area contributed by atoms with Gasteiger partial charge < -0.3 is 14.6 Å². The van der Waals surface area contributed by atoms with E-state index in [1.807, 2.05) is 36.4 Å². The van der Waals surface area contributed by atoms with E-state index in [4.69, 9.17) is 27.9 Å². The number of amides is 1. The van der Waals surface area contributed by atoms with Gasteiger partial charge >= 0.3 is 5.97 Å². The predicted molar refractivity (Wildman–Crippen MR) is 109 cm³/mol. The second-order valence-corrected chi connectivity index (χ2v) is 7.40. The first-order valence-corrected chi connectivity index (χ1v) is 9.76. The zero-order valence-electron chi connectivity index (χ0n) is 15.1. The maximum atomic E-state index is 12.8. The topological polar surface area (TPSA) is 62.4 Å². The second kappa shape index (κ2) is 7.49. The number of methoxy groups -OCH3 is 1. The van der Waals surface area contributed by atoms with Gasteiger partial charge in [-0.1, -0.05) is 41.9 Å². The van der Waals surface area contributed by atoms with Crippen molar-refractivity contribution >= 4 is 46.0 Å². The average molecular weight is 417 g/mol. The highest BCUT2D eigenvalue weighted by Crippen LogP contribution is 2.41. The fraction of sp³-hybridized carbons (Fsp3) is 0.238. The summed E-state index contributed by atoms with van der Waals surface area (Å²) < 4.78 is 5.01. The molecule has 0 unspecified atom stereocenters. The number of fused-ring (bicyclic) bond motifs is 3. The third-order valence-electron chi connectivity index (χ3n) is 5.19. The van der Waals surface area contributed by atoms with Crippen LogP contribution in [0.5, 0.6) is 0 Å². The summed E-state index contributed by atoms with van der Waals surface area (Å²) in [5.74, 6) is -1.03. The van der Waals surface area contributed by atoms with Gasteiger partial charge in [0.1, 0.15) is 11.9 Å². The lowest BCUT2D eigenvalue weighted by molar-refractivity contribution is -0.154. The number of halogens is 2. The van der Waals surface area contributed by atoms with E-state index in [0.717, 1.165) is 27.7 Å². The van der Waals surface area contributed by atoms with Gasteiger partial charge in [-0.05, 0) is 29.3 Å². The molecule has 2 aromatic carbocycles. The zero-order chi connectivity index (χ0) is 19.8. The average Bonchev–Trinajstić information content (AvgIpc) is 3.10. The van der Waals surface area contributed by atoms with E-state index in [9.17, 15) is 9.59 Å². The number of carbonyl (C=O) groups is 2. The van der Waals surface area contributed by atoms with Crippen molar-refractivity contribution in [3.63, 3.8) is 0 Å². The molecular weight excluding hydrogens is 399 g/mol. The number of carbonyl (C=O) groups excluding carboxylic acids is 2. The molecule has 2 heterocycles. The SMILES string of the molecule is COC(=O)[C@H]1Cc2c([nH]c3ccccc23)[C@@H](c2ccc(Cl)cc2)N1C(=O)CCl. The summed E-state index contributed by atoms with van der Waals surface area (Å²) in [5.41, 5.74) is 3.67. The molecule has 1 aromatic heterocycles. The van der Waals surface area contributed by atoms with Crippen molar-refractivity contribution in [2.75, 3.05) is 13.0 Å². The van der Waals surface area contributed by atoms with Crippen LogP contribution in [0.4, 0.5) is 0 Å². The highest BCUT2D eigenvalue weighted by molar-refractivity contribution is 6.30. The molecule has 7 heteroatoms. The summed E-state index contributed by atoms with van der Waals surface area (Å²) >= 11 is 12.0. The number of alkyl halides is 1. The van der Waals surface area contributed by atoms with Crippen molar-refractivity contribution in [1.82, 2.24) is 9.88 Å². The monoisotopic (exact) mass is 416 g/mol. The quantitative estimate of drug-likeness (QED) is 0.516. The number of ether oxygens (including phenoxy) is 1. The Morgan fingerprint density at radius 2 is 1.89 bits per heavy atom. The van der Waals surface area contributed by atoms with Crippen LogP contribution in [-0.4, -0.2) is 40.8 Å². The van der Waals surface area contributed by atoms with E-state index in [1.54, 1.807) is 12.1 Å². The number of hydrogen-bond acceptors (Lipinski definition) is 3. The maximum absolute atomic E-state index is 12.8. The molecule has 144 valence electrons.